The van der Waals surface area contributed by atoms with E-state index in [-0.39, 0.29) is 0 Å². The fourth-order valence-corrected chi connectivity index (χ4v) is 3.70. The van der Waals surface area contributed by atoms with Crippen molar-refractivity contribution in [1.29, 1.82) is 0 Å². The van der Waals surface area contributed by atoms with Crippen LogP contribution in [-0.2, 0) is 4.74 Å². The Morgan fingerprint density at radius 3 is 2.04 bits per heavy atom. The van der Waals surface area contributed by atoms with E-state index in [0.29, 0.717) is 18.8 Å². The molecule has 0 saturated carbocycles. The number of terminal acetylenes is 1. The molecule has 3 fully saturated rings. The number of nitrogens with one attached hydrogen (secondary N) is 2. The van der Waals surface area contributed by atoms with Gasteiger partial charge in [0.05, 0.1) is 6.10 Å². The minimum absolute atomic E-state index is 0.398. The van der Waals surface area contributed by atoms with Crippen LogP contribution in [0.5, 0.6) is 0 Å². The van der Waals surface area contributed by atoms with Crippen LogP contribution in [0, 0.1) is 18.3 Å². The van der Waals surface area contributed by atoms with Crippen molar-refractivity contribution in [3.05, 3.63) is 0 Å². The molecule has 0 amide bonds. The molecule has 3 saturated heterocycles. The predicted molar refractivity (Wildman–Crippen MR) is 99.9 cm³/mol. The third-order valence-electron chi connectivity index (χ3n) is 5.30. The summed E-state index contributed by atoms with van der Waals surface area (Å²) in [6.07, 6.45) is 12.9. The van der Waals surface area contributed by atoms with Crippen LogP contribution in [0.3, 0.4) is 0 Å². The summed E-state index contributed by atoms with van der Waals surface area (Å²) in [6, 6.07) is 0.473. The van der Waals surface area contributed by atoms with Gasteiger partial charge in [-0.15, -0.1) is 6.42 Å². The van der Waals surface area contributed by atoms with Crippen LogP contribution < -0.4 is 16.4 Å². The summed E-state index contributed by atoms with van der Waals surface area (Å²) in [5, 5.41) is 6.66. The second-order valence-corrected chi connectivity index (χ2v) is 7.30. The standard InChI is InChI=1S/C14H24N2O.C5H12N2/c1-2-11-17-14-5-9-16(10-6-14)12-13-3-7-15-8-4-13;6-5-1-3-7-4-2-5/h1,13-15H,3-12H2;5,7H,1-4,6H2. The van der Waals surface area contributed by atoms with Crippen LogP contribution in [0.25, 0.3) is 0 Å². The highest BCUT2D eigenvalue weighted by molar-refractivity contribution is 4.84. The molecule has 5 nitrogen and oxygen atoms in total. The number of nitrogens with zero attached hydrogens (tertiary/aromatic N) is 1. The van der Waals surface area contributed by atoms with Gasteiger partial charge in [0.1, 0.15) is 6.61 Å². The van der Waals surface area contributed by atoms with Gasteiger partial charge in [0, 0.05) is 25.7 Å². The summed E-state index contributed by atoms with van der Waals surface area (Å²) in [7, 11) is 0. The second kappa shape index (κ2) is 11.8. The molecule has 5 heteroatoms. The van der Waals surface area contributed by atoms with Crippen LogP contribution in [0.2, 0.25) is 0 Å². The molecule has 4 N–H and O–H groups in total. The van der Waals surface area contributed by atoms with Gasteiger partial charge in [-0.3, -0.25) is 0 Å². The van der Waals surface area contributed by atoms with Crippen LogP contribution in [0.1, 0.15) is 38.5 Å². The Morgan fingerprint density at radius 1 is 0.958 bits per heavy atom. The smallest absolute Gasteiger partial charge is 0.107 e. The fourth-order valence-electron chi connectivity index (χ4n) is 3.70. The Labute approximate surface area is 148 Å². The van der Waals surface area contributed by atoms with E-state index in [2.05, 4.69) is 21.5 Å². The molecule has 0 radical (unpaired) electrons. The normalized spacial score (nSPS) is 24.8. The molecule has 0 aromatic carbocycles. The van der Waals surface area contributed by atoms with E-state index in [9.17, 15) is 0 Å². The van der Waals surface area contributed by atoms with Gasteiger partial charge >= 0.3 is 0 Å². The monoisotopic (exact) mass is 336 g/mol. The molecule has 3 aliphatic heterocycles. The quantitative estimate of drug-likeness (QED) is 0.663. The molecular weight excluding hydrogens is 300 g/mol. The summed E-state index contributed by atoms with van der Waals surface area (Å²) < 4.78 is 5.60. The molecule has 0 unspecified atom stereocenters. The van der Waals surface area contributed by atoms with E-state index in [1.54, 1.807) is 0 Å². The highest BCUT2D eigenvalue weighted by Crippen LogP contribution is 2.18. The lowest BCUT2D eigenvalue weighted by molar-refractivity contribution is 0.0197. The van der Waals surface area contributed by atoms with Crippen LogP contribution in [0.15, 0.2) is 0 Å². The average molecular weight is 337 g/mol. The van der Waals surface area contributed by atoms with Gasteiger partial charge in [-0.2, -0.15) is 0 Å². The number of rotatable bonds is 4. The average Bonchev–Trinajstić information content (AvgIpc) is 2.63. The second-order valence-electron chi connectivity index (χ2n) is 7.30. The largest absolute Gasteiger partial charge is 0.365 e. The lowest BCUT2D eigenvalue weighted by atomic mass is 9.96. The van der Waals surface area contributed by atoms with Crippen LogP contribution in [-0.4, -0.2) is 69.5 Å². The zero-order chi connectivity index (χ0) is 17.0. The van der Waals surface area contributed by atoms with Gasteiger partial charge in [-0.05, 0) is 70.6 Å². The van der Waals surface area contributed by atoms with Crippen LogP contribution >= 0.6 is 0 Å². The first-order chi connectivity index (χ1) is 11.8. The third-order valence-corrected chi connectivity index (χ3v) is 5.30. The molecular formula is C19H36N4O. The zero-order valence-corrected chi connectivity index (χ0v) is 15.1. The lowest BCUT2D eigenvalue weighted by Gasteiger charge is -2.35. The van der Waals surface area contributed by atoms with E-state index in [0.717, 1.165) is 44.7 Å². The lowest BCUT2D eigenvalue weighted by Crippen LogP contribution is -2.41. The molecule has 0 aromatic heterocycles. The SMILES string of the molecule is C#CCOC1CCN(CC2CCNCC2)CC1.NC1CCNCC1. The van der Waals surface area contributed by atoms with E-state index in [4.69, 9.17) is 16.9 Å². The predicted octanol–water partition coefficient (Wildman–Crippen LogP) is 0.797. The van der Waals surface area contributed by atoms with Gasteiger partial charge in [0.2, 0.25) is 0 Å². The van der Waals surface area contributed by atoms with Crippen molar-refractivity contribution >= 4 is 0 Å². The van der Waals surface area contributed by atoms with Crippen molar-refractivity contribution in [3.63, 3.8) is 0 Å². The first kappa shape index (κ1) is 19.7. The topological polar surface area (TPSA) is 62.5 Å². The van der Waals surface area contributed by atoms with E-state index < -0.39 is 0 Å². The Kier molecular flexibility index (Phi) is 9.71. The molecule has 0 spiro atoms. The number of likely N-dealkylation sites (tertiary alicyclic amines) is 1. The Balaban J connectivity index is 0.000000249. The fraction of sp³-hybridized carbons (Fsp3) is 0.895. The zero-order valence-electron chi connectivity index (χ0n) is 15.1. The molecule has 3 aliphatic rings. The molecule has 24 heavy (non-hydrogen) atoms. The van der Waals surface area contributed by atoms with Crippen molar-refractivity contribution in [2.75, 3.05) is 52.4 Å². The maximum atomic E-state index is 5.60. The first-order valence-corrected chi connectivity index (χ1v) is 9.72. The summed E-state index contributed by atoms with van der Waals surface area (Å²) in [5.74, 6) is 3.45. The number of nitrogens with two attached hydrogens (primary N) is 1. The van der Waals surface area contributed by atoms with Gasteiger partial charge < -0.3 is 26.0 Å². The molecule has 0 bridgehead atoms. The van der Waals surface area contributed by atoms with Gasteiger partial charge in [0.15, 0.2) is 0 Å². The molecule has 3 heterocycles. The maximum Gasteiger partial charge on any atom is 0.107 e. The minimum atomic E-state index is 0.398. The Bertz CT molecular complexity index is 351. The van der Waals surface area contributed by atoms with Crippen molar-refractivity contribution in [2.45, 2.75) is 50.7 Å². The van der Waals surface area contributed by atoms with Crippen molar-refractivity contribution in [1.82, 2.24) is 15.5 Å². The van der Waals surface area contributed by atoms with Gasteiger partial charge in [-0.25, -0.2) is 0 Å². The van der Waals surface area contributed by atoms with Gasteiger partial charge in [-0.1, -0.05) is 5.92 Å². The van der Waals surface area contributed by atoms with Gasteiger partial charge in [0.25, 0.3) is 0 Å². The highest BCUT2D eigenvalue weighted by atomic mass is 16.5. The summed E-state index contributed by atoms with van der Waals surface area (Å²) >= 11 is 0. The Hall–Kier alpha value is -0.640. The molecule has 0 aliphatic carbocycles. The third kappa shape index (κ3) is 7.96. The van der Waals surface area contributed by atoms with Crippen molar-refractivity contribution < 1.29 is 4.74 Å². The summed E-state index contributed by atoms with van der Waals surface area (Å²) in [5.41, 5.74) is 5.59. The summed E-state index contributed by atoms with van der Waals surface area (Å²) in [6.45, 7) is 8.74. The van der Waals surface area contributed by atoms with Crippen LogP contribution in [0.4, 0.5) is 0 Å². The summed E-state index contributed by atoms with van der Waals surface area (Å²) in [4.78, 5) is 2.60. The number of hydrogen-bond acceptors (Lipinski definition) is 5. The Morgan fingerprint density at radius 2 is 1.54 bits per heavy atom. The molecule has 0 aromatic rings. The number of piperidine rings is 3. The molecule has 138 valence electrons. The number of ether oxygens (including phenoxy) is 1. The molecule has 3 rings (SSSR count). The van der Waals surface area contributed by atoms with E-state index in [1.165, 1.54) is 45.6 Å². The molecule has 0 atom stereocenters. The first-order valence-electron chi connectivity index (χ1n) is 9.72. The van der Waals surface area contributed by atoms with Crippen molar-refractivity contribution in [3.8, 4) is 12.3 Å². The highest BCUT2D eigenvalue weighted by Gasteiger charge is 2.22. The minimum Gasteiger partial charge on any atom is -0.365 e. The van der Waals surface area contributed by atoms with Crippen molar-refractivity contribution in [2.24, 2.45) is 11.7 Å². The maximum absolute atomic E-state index is 5.60. The van der Waals surface area contributed by atoms with E-state index in [1.807, 2.05) is 0 Å². The van der Waals surface area contributed by atoms with E-state index >= 15 is 0 Å². The number of hydrogen-bond donors (Lipinski definition) is 3.